The third kappa shape index (κ3) is 4.20. The molecule has 0 amide bonds. The Labute approximate surface area is 206 Å². The van der Waals surface area contributed by atoms with Gasteiger partial charge in [0.15, 0.2) is 5.11 Å². The molecule has 4 aromatic rings. The van der Waals surface area contributed by atoms with E-state index < -0.39 is 6.04 Å². The molecule has 0 saturated heterocycles. The molecule has 34 heavy (non-hydrogen) atoms. The van der Waals surface area contributed by atoms with Crippen LogP contribution in [-0.4, -0.2) is 15.3 Å². The van der Waals surface area contributed by atoms with Crippen LogP contribution in [0, 0.1) is 12.7 Å². The SMILES string of the molecule is CC1=C(c2nc(-c3cccc(Cl)c3)no2)C(c2ccc(F)cc2)NC(=S)N1c1cccc(C)c1. The molecule has 0 fully saturated rings. The second-order valence-corrected chi connectivity index (χ2v) is 8.86. The predicted molar refractivity (Wildman–Crippen MR) is 136 cm³/mol. The number of benzene rings is 3. The molecule has 0 bridgehead atoms. The zero-order chi connectivity index (χ0) is 23.8. The number of aromatic nitrogens is 2. The van der Waals surface area contributed by atoms with Crippen molar-refractivity contribution in [2.24, 2.45) is 0 Å². The van der Waals surface area contributed by atoms with Crippen LogP contribution in [-0.2, 0) is 0 Å². The van der Waals surface area contributed by atoms with Gasteiger partial charge in [0, 0.05) is 22.0 Å². The minimum Gasteiger partial charge on any atom is -0.351 e. The highest BCUT2D eigenvalue weighted by Crippen LogP contribution is 2.39. The highest BCUT2D eigenvalue weighted by Gasteiger charge is 2.34. The van der Waals surface area contributed by atoms with Gasteiger partial charge in [-0.1, -0.05) is 53.2 Å². The molecule has 1 unspecified atom stereocenters. The Morgan fingerprint density at radius 2 is 1.79 bits per heavy atom. The maximum atomic E-state index is 13.7. The summed E-state index contributed by atoms with van der Waals surface area (Å²) >= 11 is 11.9. The van der Waals surface area contributed by atoms with Crippen molar-refractivity contribution in [2.45, 2.75) is 19.9 Å². The van der Waals surface area contributed by atoms with Gasteiger partial charge in [0.1, 0.15) is 5.82 Å². The van der Waals surface area contributed by atoms with Gasteiger partial charge >= 0.3 is 0 Å². The molecule has 5 nitrogen and oxygen atoms in total. The van der Waals surface area contributed by atoms with Crippen molar-refractivity contribution < 1.29 is 8.91 Å². The fourth-order valence-corrected chi connectivity index (χ4v) is 4.63. The monoisotopic (exact) mass is 490 g/mol. The number of halogens is 2. The summed E-state index contributed by atoms with van der Waals surface area (Å²) in [5.41, 5.74) is 5.18. The molecule has 0 spiro atoms. The van der Waals surface area contributed by atoms with Gasteiger partial charge in [0.05, 0.1) is 11.6 Å². The predicted octanol–water partition coefficient (Wildman–Crippen LogP) is 6.70. The van der Waals surface area contributed by atoms with Gasteiger partial charge in [-0.3, -0.25) is 4.90 Å². The zero-order valence-electron chi connectivity index (χ0n) is 18.4. The van der Waals surface area contributed by atoms with Crippen LogP contribution in [0.3, 0.4) is 0 Å². The summed E-state index contributed by atoms with van der Waals surface area (Å²) in [6.45, 7) is 3.99. The fourth-order valence-electron chi connectivity index (χ4n) is 4.08. The highest BCUT2D eigenvalue weighted by atomic mass is 35.5. The lowest BCUT2D eigenvalue weighted by Gasteiger charge is -2.37. The first kappa shape index (κ1) is 22.3. The van der Waals surface area contributed by atoms with Crippen LogP contribution in [0.4, 0.5) is 10.1 Å². The quantitative estimate of drug-likeness (QED) is 0.321. The molecule has 170 valence electrons. The molecular formula is C26H20ClFN4OS. The summed E-state index contributed by atoms with van der Waals surface area (Å²) in [5, 5.41) is 8.68. The van der Waals surface area contributed by atoms with Crippen LogP contribution < -0.4 is 10.2 Å². The van der Waals surface area contributed by atoms with Crippen molar-refractivity contribution >= 4 is 40.2 Å². The average Bonchev–Trinajstić information content (AvgIpc) is 3.29. The van der Waals surface area contributed by atoms with E-state index in [0.29, 0.717) is 21.9 Å². The fraction of sp³-hybridized carbons (Fsp3) is 0.115. The Morgan fingerprint density at radius 3 is 2.53 bits per heavy atom. The summed E-state index contributed by atoms with van der Waals surface area (Å²) in [5.74, 6) is 0.451. The number of anilines is 1. The van der Waals surface area contributed by atoms with E-state index in [1.807, 2.05) is 49.1 Å². The van der Waals surface area contributed by atoms with Gasteiger partial charge in [-0.25, -0.2) is 4.39 Å². The molecule has 3 aromatic carbocycles. The van der Waals surface area contributed by atoms with Crippen molar-refractivity contribution in [3.05, 3.63) is 106 Å². The topological polar surface area (TPSA) is 54.2 Å². The normalized spacial score (nSPS) is 16.1. The van der Waals surface area contributed by atoms with E-state index in [-0.39, 0.29) is 5.82 Å². The van der Waals surface area contributed by atoms with Crippen LogP contribution in [0.5, 0.6) is 0 Å². The molecule has 1 aromatic heterocycles. The number of hydrogen-bond acceptors (Lipinski definition) is 4. The van der Waals surface area contributed by atoms with Gasteiger partial charge in [0.25, 0.3) is 5.89 Å². The molecule has 1 atom stereocenters. The van der Waals surface area contributed by atoms with Gasteiger partial charge in [-0.15, -0.1) is 0 Å². The van der Waals surface area contributed by atoms with E-state index in [2.05, 4.69) is 21.5 Å². The second-order valence-electron chi connectivity index (χ2n) is 8.04. The maximum absolute atomic E-state index is 13.7. The highest BCUT2D eigenvalue weighted by molar-refractivity contribution is 7.80. The largest absolute Gasteiger partial charge is 0.351 e. The van der Waals surface area contributed by atoms with Crippen LogP contribution in [0.1, 0.15) is 30.0 Å². The lowest BCUT2D eigenvalue weighted by atomic mass is 9.94. The molecule has 0 saturated carbocycles. The number of thiocarbonyl (C=S) groups is 1. The third-order valence-corrected chi connectivity index (χ3v) is 6.22. The Balaban J connectivity index is 1.66. The van der Waals surface area contributed by atoms with Crippen molar-refractivity contribution in [1.29, 1.82) is 0 Å². The van der Waals surface area contributed by atoms with Crippen molar-refractivity contribution in [3.63, 3.8) is 0 Å². The molecule has 1 aliphatic heterocycles. The number of allylic oxidation sites excluding steroid dienone is 1. The van der Waals surface area contributed by atoms with Gasteiger partial charge in [-0.2, -0.15) is 4.98 Å². The third-order valence-electron chi connectivity index (χ3n) is 5.69. The number of nitrogens with zero attached hydrogens (tertiary/aromatic N) is 3. The Hall–Kier alpha value is -3.55. The minimum absolute atomic E-state index is 0.313. The van der Waals surface area contributed by atoms with E-state index in [0.717, 1.165) is 33.6 Å². The number of aryl methyl sites for hydroxylation is 1. The van der Waals surface area contributed by atoms with E-state index in [1.54, 1.807) is 24.3 Å². The van der Waals surface area contributed by atoms with E-state index in [1.165, 1.54) is 12.1 Å². The Morgan fingerprint density at radius 1 is 1.03 bits per heavy atom. The van der Waals surface area contributed by atoms with Crippen LogP contribution in [0.25, 0.3) is 17.0 Å². The van der Waals surface area contributed by atoms with E-state index >= 15 is 0 Å². The van der Waals surface area contributed by atoms with Crippen molar-refractivity contribution in [3.8, 4) is 11.4 Å². The molecule has 8 heteroatoms. The molecule has 2 heterocycles. The van der Waals surface area contributed by atoms with Gasteiger partial charge in [0.2, 0.25) is 5.82 Å². The zero-order valence-corrected chi connectivity index (χ0v) is 20.0. The van der Waals surface area contributed by atoms with Crippen LogP contribution in [0.2, 0.25) is 5.02 Å². The van der Waals surface area contributed by atoms with E-state index in [9.17, 15) is 4.39 Å². The summed E-state index contributed by atoms with van der Waals surface area (Å²) in [4.78, 5) is 6.63. The second kappa shape index (κ2) is 9.00. The molecule has 1 N–H and O–H groups in total. The average molecular weight is 491 g/mol. The lowest BCUT2D eigenvalue weighted by Crippen LogP contribution is -2.46. The van der Waals surface area contributed by atoms with Gasteiger partial charge in [-0.05, 0) is 73.6 Å². The maximum Gasteiger partial charge on any atom is 0.258 e. The first-order valence-corrected chi connectivity index (χ1v) is 11.4. The standard InChI is InChI=1S/C26H20ClFN4OS/c1-15-5-3-8-21(13-15)32-16(2)22(23(29-26(32)34)17-9-11-20(28)12-10-17)25-30-24(31-33-25)18-6-4-7-19(27)14-18/h3-14,23H,1-2H3,(H,29,34). The summed E-state index contributed by atoms with van der Waals surface area (Å²) in [6, 6.07) is 21.2. The Kier molecular flexibility index (Phi) is 5.89. The first-order valence-electron chi connectivity index (χ1n) is 10.6. The number of hydrogen-bond donors (Lipinski definition) is 1. The van der Waals surface area contributed by atoms with Crippen molar-refractivity contribution in [1.82, 2.24) is 15.5 Å². The number of rotatable bonds is 4. The van der Waals surface area contributed by atoms with Crippen molar-refractivity contribution in [2.75, 3.05) is 4.90 Å². The molecule has 5 rings (SSSR count). The lowest BCUT2D eigenvalue weighted by molar-refractivity contribution is 0.404. The summed E-state index contributed by atoms with van der Waals surface area (Å²) in [6.07, 6.45) is 0. The van der Waals surface area contributed by atoms with Crippen LogP contribution >= 0.6 is 23.8 Å². The summed E-state index contributed by atoms with van der Waals surface area (Å²) < 4.78 is 19.4. The van der Waals surface area contributed by atoms with Crippen LogP contribution in [0.15, 0.2) is 83.0 Å². The molecule has 0 aliphatic carbocycles. The Bertz CT molecular complexity index is 1420. The molecular weight excluding hydrogens is 471 g/mol. The smallest absolute Gasteiger partial charge is 0.258 e. The molecule has 1 aliphatic rings. The van der Waals surface area contributed by atoms with E-state index in [4.69, 9.17) is 28.3 Å². The molecule has 0 radical (unpaired) electrons. The minimum atomic E-state index is -0.401. The van der Waals surface area contributed by atoms with Gasteiger partial charge < -0.3 is 9.84 Å². The number of nitrogens with one attached hydrogen (secondary N) is 1. The first-order chi connectivity index (χ1) is 16.4. The summed E-state index contributed by atoms with van der Waals surface area (Å²) in [7, 11) is 0.